The Morgan fingerprint density at radius 1 is 1.12 bits per heavy atom. The highest BCUT2D eigenvalue weighted by Gasteiger charge is 2.49. The summed E-state index contributed by atoms with van der Waals surface area (Å²) in [6.07, 6.45) is 0.164. The van der Waals surface area contributed by atoms with E-state index in [-0.39, 0.29) is 17.6 Å². The molecule has 32 heavy (non-hydrogen) atoms. The Morgan fingerprint density at radius 2 is 1.78 bits per heavy atom. The lowest BCUT2D eigenvalue weighted by atomic mass is 9.74. The van der Waals surface area contributed by atoms with Gasteiger partial charge in [-0.05, 0) is 31.2 Å². The van der Waals surface area contributed by atoms with Crippen LogP contribution in [0.15, 0.2) is 24.3 Å². The van der Waals surface area contributed by atoms with Crippen LogP contribution in [0.5, 0.6) is 0 Å². The van der Waals surface area contributed by atoms with Crippen molar-refractivity contribution in [2.24, 2.45) is 5.92 Å². The molecule has 0 aromatic heterocycles. The van der Waals surface area contributed by atoms with Gasteiger partial charge < -0.3 is 14.8 Å². The first kappa shape index (κ1) is 25.6. The van der Waals surface area contributed by atoms with E-state index in [1.165, 1.54) is 25.8 Å². The number of nitrogens with one attached hydrogen (secondary N) is 1. The quantitative estimate of drug-likeness (QED) is 0.484. The predicted octanol–water partition coefficient (Wildman–Crippen LogP) is 3.80. The van der Waals surface area contributed by atoms with E-state index >= 15 is 0 Å². The Bertz CT molecular complexity index is 874. The number of ketones is 1. The summed E-state index contributed by atoms with van der Waals surface area (Å²) in [5, 5.41) is 2.91. The summed E-state index contributed by atoms with van der Waals surface area (Å²) in [7, 11) is 1.48. The minimum atomic E-state index is -1.26. The van der Waals surface area contributed by atoms with Crippen molar-refractivity contribution in [1.82, 2.24) is 10.2 Å². The average Bonchev–Trinajstić information content (AvgIpc) is 2.72. The van der Waals surface area contributed by atoms with Crippen LogP contribution in [0.25, 0.3) is 0 Å². The van der Waals surface area contributed by atoms with E-state index < -0.39 is 29.9 Å². The number of rotatable bonds is 7. The molecule has 0 spiro atoms. The Morgan fingerprint density at radius 3 is 2.34 bits per heavy atom. The molecule has 176 valence electrons. The molecule has 8 nitrogen and oxygen atoms in total. The van der Waals surface area contributed by atoms with E-state index in [9.17, 15) is 19.2 Å². The van der Waals surface area contributed by atoms with Gasteiger partial charge in [0, 0.05) is 37.9 Å². The van der Waals surface area contributed by atoms with Crippen LogP contribution in [-0.4, -0.2) is 48.0 Å². The number of likely N-dealkylation sites (N-methyl/N-ethyl adjacent to an activating group) is 1. The Kier molecular flexibility index (Phi) is 8.66. The summed E-state index contributed by atoms with van der Waals surface area (Å²) in [4.78, 5) is 51.2. The zero-order chi connectivity index (χ0) is 24.1. The molecule has 1 aliphatic carbocycles. The first-order valence-corrected chi connectivity index (χ1v) is 11.1. The third-order valence-corrected chi connectivity index (χ3v) is 5.98. The van der Waals surface area contributed by atoms with E-state index in [1.807, 2.05) is 0 Å². The normalized spacial score (nSPS) is 20.3. The van der Waals surface area contributed by atoms with Crippen molar-refractivity contribution in [2.45, 2.75) is 71.2 Å². The number of Topliss-reactive ketones (excluding diaryl/α,β-unsaturated/α-hetero) is 1. The van der Waals surface area contributed by atoms with Gasteiger partial charge in [0.15, 0.2) is 5.78 Å². The molecule has 1 fully saturated rings. The number of nitrogens with zero attached hydrogens (tertiary/aromatic N) is 1. The number of carbonyl (C=O) groups excluding carboxylic acids is 4. The first-order chi connectivity index (χ1) is 15.0. The number of benzene rings is 1. The van der Waals surface area contributed by atoms with Crippen LogP contribution in [0.3, 0.4) is 0 Å². The van der Waals surface area contributed by atoms with Gasteiger partial charge in [-0.1, -0.05) is 43.6 Å². The summed E-state index contributed by atoms with van der Waals surface area (Å²) < 4.78 is 10.6. The van der Waals surface area contributed by atoms with E-state index in [0.29, 0.717) is 23.4 Å². The van der Waals surface area contributed by atoms with Crippen LogP contribution in [0.1, 0.15) is 58.9 Å². The van der Waals surface area contributed by atoms with Crippen LogP contribution < -0.4 is 5.32 Å². The molecule has 2 amide bonds. The maximum Gasteiger partial charge on any atom is 0.413 e. The molecule has 0 heterocycles. The molecule has 0 bridgehead atoms. The fraction of sp³-hybridized carbons (Fsp3) is 0.565. The third-order valence-electron chi connectivity index (χ3n) is 5.65. The van der Waals surface area contributed by atoms with Crippen molar-refractivity contribution >= 4 is 35.4 Å². The van der Waals surface area contributed by atoms with Crippen molar-refractivity contribution in [3.63, 3.8) is 0 Å². The number of esters is 1. The molecular formula is C23H31ClN2O6. The lowest BCUT2D eigenvalue weighted by Gasteiger charge is -2.43. The summed E-state index contributed by atoms with van der Waals surface area (Å²) >= 11 is 6.41. The van der Waals surface area contributed by atoms with Crippen molar-refractivity contribution < 1.29 is 28.7 Å². The standard InChI is InChI=1S/C23H31ClN2O6/c1-14(2)20(25-15(3)27)21(29)31-16(4)32-22(30)26(5)23(13-9-8-12-19(23)28)17-10-6-7-11-18(17)24/h6-7,10-11,14,16,20H,8-9,12-13H2,1-5H3,(H,25,27)/t16?,20?,23-/m0/s1. The summed E-state index contributed by atoms with van der Waals surface area (Å²) in [6, 6.07) is 6.06. The molecular weight excluding hydrogens is 436 g/mol. The molecule has 3 atom stereocenters. The second-order valence-electron chi connectivity index (χ2n) is 8.34. The van der Waals surface area contributed by atoms with Gasteiger partial charge >= 0.3 is 12.1 Å². The average molecular weight is 467 g/mol. The first-order valence-electron chi connectivity index (χ1n) is 10.7. The molecule has 2 rings (SSSR count). The smallest absolute Gasteiger partial charge is 0.413 e. The Labute approximate surface area is 193 Å². The highest BCUT2D eigenvalue weighted by atomic mass is 35.5. The van der Waals surface area contributed by atoms with Crippen molar-refractivity contribution in [3.8, 4) is 0 Å². The summed E-state index contributed by atoms with van der Waals surface area (Å²) in [5.74, 6) is -1.43. The number of ether oxygens (including phenoxy) is 2. The molecule has 1 aromatic carbocycles. The van der Waals surface area contributed by atoms with E-state index in [1.54, 1.807) is 38.1 Å². The zero-order valence-corrected chi connectivity index (χ0v) is 19.9. The summed E-state index contributed by atoms with van der Waals surface area (Å²) in [6.45, 7) is 6.22. The SMILES string of the molecule is CC(=O)NC(C(=O)OC(C)OC(=O)N(C)[C@]1(c2ccccc2Cl)CCCCC1=O)C(C)C. The monoisotopic (exact) mass is 466 g/mol. The number of halogens is 1. The molecule has 0 aliphatic heterocycles. The lowest BCUT2D eigenvalue weighted by molar-refractivity contribution is -0.172. The summed E-state index contributed by atoms with van der Waals surface area (Å²) in [5.41, 5.74) is -0.713. The van der Waals surface area contributed by atoms with Crippen LogP contribution in [-0.2, 0) is 29.4 Å². The highest BCUT2D eigenvalue weighted by Crippen LogP contribution is 2.42. The Balaban J connectivity index is 2.20. The number of carbonyl (C=O) groups is 4. The van der Waals surface area contributed by atoms with Crippen molar-refractivity contribution in [2.75, 3.05) is 7.05 Å². The van der Waals surface area contributed by atoms with E-state index in [4.69, 9.17) is 21.1 Å². The lowest BCUT2D eigenvalue weighted by Crippen LogP contribution is -2.55. The minimum Gasteiger partial charge on any atom is -0.424 e. The minimum absolute atomic E-state index is 0.119. The molecule has 1 saturated carbocycles. The second-order valence-corrected chi connectivity index (χ2v) is 8.75. The number of hydrogen-bond acceptors (Lipinski definition) is 6. The van der Waals surface area contributed by atoms with Crippen LogP contribution in [0.2, 0.25) is 5.02 Å². The molecule has 9 heteroatoms. The van der Waals surface area contributed by atoms with E-state index in [0.717, 1.165) is 12.8 Å². The molecule has 0 saturated heterocycles. The predicted molar refractivity (Wildman–Crippen MR) is 119 cm³/mol. The van der Waals surface area contributed by atoms with Gasteiger partial charge in [-0.25, -0.2) is 9.59 Å². The zero-order valence-electron chi connectivity index (χ0n) is 19.1. The van der Waals surface area contributed by atoms with Crippen LogP contribution >= 0.6 is 11.6 Å². The van der Waals surface area contributed by atoms with Crippen molar-refractivity contribution in [1.29, 1.82) is 0 Å². The topological polar surface area (TPSA) is 102 Å². The molecule has 0 radical (unpaired) electrons. The molecule has 1 aliphatic rings. The van der Waals surface area contributed by atoms with Gasteiger partial charge in [0.1, 0.15) is 11.6 Å². The van der Waals surface area contributed by atoms with Crippen molar-refractivity contribution in [3.05, 3.63) is 34.9 Å². The van der Waals surface area contributed by atoms with Gasteiger partial charge in [-0.3, -0.25) is 14.5 Å². The van der Waals surface area contributed by atoms with Gasteiger partial charge in [0.2, 0.25) is 12.2 Å². The maximum absolute atomic E-state index is 13.1. The highest BCUT2D eigenvalue weighted by molar-refractivity contribution is 6.31. The van der Waals surface area contributed by atoms with Crippen LogP contribution in [0.4, 0.5) is 4.79 Å². The number of amides is 2. The van der Waals surface area contributed by atoms with Gasteiger partial charge in [0.05, 0.1) is 0 Å². The number of hydrogen-bond donors (Lipinski definition) is 1. The fourth-order valence-corrected chi connectivity index (χ4v) is 4.28. The maximum atomic E-state index is 13.1. The largest absolute Gasteiger partial charge is 0.424 e. The van der Waals surface area contributed by atoms with Gasteiger partial charge in [-0.2, -0.15) is 0 Å². The molecule has 1 aromatic rings. The fourth-order valence-electron chi connectivity index (χ4n) is 3.98. The third kappa shape index (κ3) is 5.59. The Hall–Kier alpha value is -2.61. The van der Waals surface area contributed by atoms with E-state index in [2.05, 4.69) is 5.32 Å². The second kappa shape index (κ2) is 10.8. The molecule has 2 unspecified atom stereocenters. The molecule has 1 N–H and O–H groups in total. The van der Waals surface area contributed by atoms with Gasteiger partial charge in [0.25, 0.3) is 0 Å². The van der Waals surface area contributed by atoms with Gasteiger partial charge in [-0.15, -0.1) is 0 Å². The van der Waals surface area contributed by atoms with Crippen LogP contribution in [0, 0.1) is 5.92 Å².